The molecule has 2 amide bonds. The smallest absolute Gasteiger partial charge is 0.276 e. The molecule has 2 unspecified atom stereocenters. The third kappa shape index (κ3) is 3.04. The van der Waals surface area contributed by atoms with Gasteiger partial charge in [0.25, 0.3) is 5.91 Å². The Morgan fingerprint density at radius 2 is 2.00 bits per heavy atom. The highest BCUT2D eigenvalue weighted by Crippen LogP contribution is 2.45. The van der Waals surface area contributed by atoms with Gasteiger partial charge in [0, 0.05) is 19.0 Å². The van der Waals surface area contributed by atoms with Gasteiger partial charge in [-0.25, -0.2) is 0 Å². The second-order valence-corrected chi connectivity index (χ2v) is 8.41. The third-order valence-corrected chi connectivity index (χ3v) is 6.49. The molecule has 3 aliphatic carbocycles. The second-order valence-electron chi connectivity index (χ2n) is 8.41. The molecule has 7 heteroatoms. The van der Waals surface area contributed by atoms with Gasteiger partial charge in [0.15, 0.2) is 5.69 Å². The molecule has 3 saturated carbocycles. The first-order valence-electron chi connectivity index (χ1n) is 9.44. The van der Waals surface area contributed by atoms with E-state index in [1.807, 2.05) is 0 Å². The number of carbonyl (C=O) groups is 2. The van der Waals surface area contributed by atoms with E-state index in [4.69, 9.17) is 0 Å². The van der Waals surface area contributed by atoms with Crippen molar-refractivity contribution in [3.63, 3.8) is 0 Å². The normalized spacial score (nSPS) is 34.3. The van der Waals surface area contributed by atoms with Crippen molar-refractivity contribution in [1.82, 2.24) is 25.6 Å². The minimum absolute atomic E-state index is 0.110. The summed E-state index contributed by atoms with van der Waals surface area (Å²) in [6.07, 6.45) is 6.83. The lowest BCUT2D eigenvalue weighted by molar-refractivity contribution is -0.132. The van der Waals surface area contributed by atoms with Crippen LogP contribution in [0.25, 0.3) is 0 Å². The number of amides is 2. The summed E-state index contributed by atoms with van der Waals surface area (Å²) in [5.41, 5.74) is 0.641. The van der Waals surface area contributed by atoms with E-state index in [9.17, 15) is 9.59 Å². The van der Waals surface area contributed by atoms with Gasteiger partial charge in [-0.3, -0.25) is 9.59 Å². The van der Waals surface area contributed by atoms with E-state index in [1.165, 1.54) is 25.7 Å². The number of aromatic nitrogens is 3. The van der Waals surface area contributed by atoms with Crippen LogP contribution in [-0.2, 0) is 4.79 Å². The number of nitrogens with one attached hydrogen (secondary N) is 2. The fraction of sp³-hybridized carbons (Fsp3) is 0.778. The van der Waals surface area contributed by atoms with Gasteiger partial charge >= 0.3 is 0 Å². The number of aromatic amines is 1. The molecule has 4 aliphatic rings. The lowest BCUT2D eigenvalue weighted by atomic mass is 9.64. The van der Waals surface area contributed by atoms with Gasteiger partial charge in [-0.15, -0.1) is 0 Å². The number of aryl methyl sites for hydroxylation is 1. The van der Waals surface area contributed by atoms with Crippen LogP contribution in [-0.4, -0.2) is 50.8 Å². The number of H-pyrrole nitrogens is 1. The molecular weight excluding hydrogens is 318 g/mol. The summed E-state index contributed by atoms with van der Waals surface area (Å²) in [5.74, 6) is 1.56. The van der Waals surface area contributed by atoms with Crippen LogP contribution in [0.15, 0.2) is 0 Å². The maximum atomic E-state index is 12.9. The summed E-state index contributed by atoms with van der Waals surface area (Å²) in [6, 6.07) is 0. The largest absolute Gasteiger partial charge is 0.349 e. The Morgan fingerprint density at radius 1 is 1.24 bits per heavy atom. The van der Waals surface area contributed by atoms with Gasteiger partial charge in [-0.1, -0.05) is 12.8 Å². The van der Waals surface area contributed by atoms with Crippen LogP contribution in [0.4, 0.5) is 0 Å². The Bertz CT molecular complexity index is 679. The van der Waals surface area contributed by atoms with Crippen LogP contribution in [0.2, 0.25) is 0 Å². The van der Waals surface area contributed by atoms with Crippen molar-refractivity contribution in [2.45, 2.75) is 57.9 Å². The summed E-state index contributed by atoms with van der Waals surface area (Å²) in [5, 5.41) is 13.7. The fourth-order valence-electron chi connectivity index (χ4n) is 4.96. The molecule has 136 valence electrons. The number of carbonyl (C=O) groups excluding carboxylic acids is 2. The third-order valence-electron chi connectivity index (χ3n) is 6.49. The molecule has 2 bridgehead atoms. The zero-order valence-electron chi connectivity index (χ0n) is 15.0. The summed E-state index contributed by atoms with van der Waals surface area (Å²) in [6.45, 7) is 4.99. The van der Waals surface area contributed by atoms with Crippen molar-refractivity contribution in [2.75, 3.05) is 13.1 Å². The molecule has 2 heterocycles. The standard InChI is InChI=1S/C18H27N5O2/c1-11-15(21-22-20-11)17(25)23-8-7-18(2,10-23)19-16(24)14-9-12-3-5-13(14)6-4-12/h12-14H,3-10H2,1-2H3,(H,19,24)(H,20,21,22). The maximum Gasteiger partial charge on any atom is 0.276 e. The predicted molar refractivity (Wildman–Crippen MR) is 91.7 cm³/mol. The number of hydrogen-bond donors (Lipinski definition) is 2. The van der Waals surface area contributed by atoms with Crippen molar-refractivity contribution >= 4 is 11.8 Å². The lowest BCUT2D eigenvalue weighted by Gasteiger charge is -2.42. The molecular formula is C18H27N5O2. The van der Waals surface area contributed by atoms with Gasteiger partial charge in [0.05, 0.1) is 11.2 Å². The Kier molecular flexibility index (Phi) is 4.04. The zero-order valence-corrected chi connectivity index (χ0v) is 15.0. The number of rotatable bonds is 3. The van der Waals surface area contributed by atoms with Crippen molar-refractivity contribution in [3.05, 3.63) is 11.4 Å². The molecule has 0 radical (unpaired) electrons. The van der Waals surface area contributed by atoms with Crippen LogP contribution in [0.5, 0.6) is 0 Å². The Balaban J connectivity index is 1.39. The molecule has 25 heavy (non-hydrogen) atoms. The molecule has 1 aliphatic heterocycles. The van der Waals surface area contributed by atoms with Crippen molar-refractivity contribution in [1.29, 1.82) is 0 Å². The molecule has 1 aromatic rings. The van der Waals surface area contributed by atoms with Crippen LogP contribution in [0.3, 0.4) is 0 Å². The van der Waals surface area contributed by atoms with Gasteiger partial charge in [0.2, 0.25) is 5.91 Å². The molecule has 2 atom stereocenters. The maximum absolute atomic E-state index is 12.9. The molecule has 0 aromatic carbocycles. The Labute approximate surface area is 147 Å². The highest BCUT2D eigenvalue weighted by atomic mass is 16.2. The molecule has 0 spiro atoms. The molecule has 4 fully saturated rings. The van der Waals surface area contributed by atoms with Gasteiger partial charge in [0.1, 0.15) is 0 Å². The van der Waals surface area contributed by atoms with E-state index in [1.54, 1.807) is 11.8 Å². The Hall–Kier alpha value is -1.92. The topological polar surface area (TPSA) is 91.0 Å². The summed E-state index contributed by atoms with van der Waals surface area (Å²) in [4.78, 5) is 27.2. The number of likely N-dealkylation sites (tertiary alicyclic amines) is 1. The molecule has 1 saturated heterocycles. The van der Waals surface area contributed by atoms with Gasteiger partial charge in [-0.2, -0.15) is 15.4 Å². The van der Waals surface area contributed by atoms with Gasteiger partial charge < -0.3 is 10.2 Å². The van der Waals surface area contributed by atoms with E-state index in [0.29, 0.717) is 30.4 Å². The van der Waals surface area contributed by atoms with Crippen LogP contribution >= 0.6 is 0 Å². The zero-order chi connectivity index (χ0) is 17.6. The monoisotopic (exact) mass is 345 g/mol. The Morgan fingerprint density at radius 3 is 2.60 bits per heavy atom. The van der Waals surface area contributed by atoms with Crippen LogP contribution < -0.4 is 5.32 Å². The van der Waals surface area contributed by atoms with Crippen LogP contribution in [0, 0.1) is 24.7 Å². The average Bonchev–Trinajstić information content (AvgIpc) is 3.21. The van der Waals surface area contributed by atoms with E-state index >= 15 is 0 Å². The average molecular weight is 345 g/mol. The first-order valence-corrected chi connectivity index (χ1v) is 9.44. The lowest BCUT2D eigenvalue weighted by Crippen LogP contribution is -2.53. The first-order chi connectivity index (χ1) is 12.0. The quantitative estimate of drug-likeness (QED) is 0.872. The van der Waals surface area contributed by atoms with E-state index in [-0.39, 0.29) is 23.3 Å². The van der Waals surface area contributed by atoms with Crippen molar-refractivity contribution in [3.8, 4) is 0 Å². The summed E-state index contributed by atoms with van der Waals surface area (Å²) in [7, 11) is 0. The second kappa shape index (κ2) is 6.11. The first kappa shape index (κ1) is 16.5. The molecule has 2 N–H and O–H groups in total. The van der Waals surface area contributed by atoms with E-state index in [2.05, 4.69) is 27.7 Å². The highest BCUT2D eigenvalue weighted by Gasteiger charge is 2.43. The molecule has 5 rings (SSSR count). The summed E-state index contributed by atoms with van der Waals surface area (Å²) < 4.78 is 0. The fourth-order valence-corrected chi connectivity index (χ4v) is 4.96. The number of nitrogens with zero attached hydrogens (tertiary/aromatic N) is 3. The minimum Gasteiger partial charge on any atom is -0.349 e. The molecule has 7 nitrogen and oxygen atoms in total. The highest BCUT2D eigenvalue weighted by molar-refractivity contribution is 5.93. The van der Waals surface area contributed by atoms with Gasteiger partial charge in [-0.05, 0) is 51.4 Å². The summed E-state index contributed by atoms with van der Waals surface area (Å²) >= 11 is 0. The van der Waals surface area contributed by atoms with E-state index in [0.717, 1.165) is 18.8 Å². The molecule has 1 aromatic heterocycles. The van der Waals surface area contributed by atoms with Crippen molar-refractivity contribution < 1.29 is 9.59 Å². The van der Waals surface area contributed by atoms with E-state index < -0.39 is 0 Å². The van der Waals surface area contributed by atoms with Crippen LogP contribution in [0.1, 0.15) is 61.6 Å². The van der Waals surface area contributed by atoms with Crippen molar-refractivity contribution in [2.24, 2.45) is 17.8 Å². The SMILES string of the molecule is Cc1n[nH]nc1C(=O)N1CCC(C)(NC(=O)C2CC3CCC2CC3)C1. The number of hydrogen-bond acceptors (Lipinski definition) is 4. The predicted octanol–water partition coefficient (Wildman–Crippen LogP) is 1.66. The number of fused-ring (bicyclic) bond motifs is 3. The minimum atomic E-state index is -0.346.